The molecule has 0 aromatic carbocycles. The second kappa shape index (κ2) is 5.34. The maximum absolute atomic E-state index is 11.6. The Morgan fingerprint density at radius 1 is 1.44 bits per heavy atom. The topological polar surface area (TPSA) is 57.5 Å². The Balaban J connectivity index is 3.24. The number of ketones is 1. The average Bonchev–Trinajstić information content (AvgIpc) is 2.32. The van der Waals surface area contributed by atoms with Crippen molar-refractivity contribution in [1.29, 1.82) is 0 Å². The molecule has 96 valence electrons. The number of aliphatic hydroxyl groups is 2. The number of carbonyl (C=O) groups is 1. The third kappa shape index (κ3) is 2.61. The standard InChI is InChI=1S/C15H18O3/c1-10(6-8-16)5-7-15(18)11(2)9-14(17)12(3)13(15)4/h6,9,16,18H,8H2,1-4H3/b10-6+. The Morgan fingerprint density at radius 3 is 2.61 bits per heavy atom. The summed E-state index contributed by atoms with van der Waals surface area (Å²) in [7, 11) is 0. The van der Waals surface area contributed by atoms with Gasteiger partial charge in [0, 0.05) is 0 Å². The van der Waals surface area contributed by atoms with Crippen LogP contribution in [0.4, 0.5) is 0 Å². The Kier molecular flexibility index (Phi) is 4.28. The lowest BCUT2D eigenvalue weighted by Gasteiger charge is -2.29. The van der Waals surface area contributed by atoms with Gasteiger partial charge in [0.15, 0.2) is 11.4 Å². The van der Waals surface area contributed by atoms with E-state index in [0.29, 0.717) is 22.3 Å². The fraction of sp³-hybridized carbons (Fsp3) is 0.400. The summed E-state index contributed by atoms with van der Waals surface area (Å²) < 4.78 is 0. The SMILES string of the molecule is CC1=CC(=O)C(C)=C(C)C1(O)C#C/C(C)=C/CO. The molecule has 3 nitrogen and oxygen atoms in total. The van der Waals surface area contributed by atoms with Crippen LogP contribution in [0.2, 0.25) is 0 Å². The van der Waals surface area contributed by atoms with Crippen LogP contribution in [0.15, 0.2) is 34.4 Å². The minimum Gasteiger partial charge on any atom is -0.392 e. The molecule has 0 heterocycles. The Labute approximate surface area is 108 Å². The summed E-state index contributed by atoms with van der Waals surface area (Å²) in [5, 5.41) is 19.3. The largest absolute Gasteiger partial charge is 0.392 e. The molecule has 0 fully saturated rings. The van der Waals surface area contributed by atoms with Crippen LogP contribution < -0.4 is 0 Å². The van der Waals surface area contributed by atoms with Gasteiger partial charge in [0.25, 0.3) is 0 Å². The molecule has 0 saturated heterocycles. The zero-order chi connectivity index (χ0) is 13.9. The van der Waals surface area contributed by atoms with E-state index >= 15 is 0 Å². The van der Waals surface area contributed by atoms with E-state index in [1.54, 1.807) is 33.8 Å². The van der Waals surface area contributed by atoms with Crippen molar-refractivity contribution < 1.29 is 15.0 Å². The first kappa shape index (κ1) is 14.4. The van der Waals surface area contributed by atoms with Gasteiger partial charge in [-0.1, -0.05) is 11.8 Å². The van der Waals surface area contributed by atoms with Crippen molar-refractivity contribution in [3.63, 3.8) is 0 Å². The predicted octanol–water partition coefficient (Wildman–Crippen LogP) is 1.52. The average molecular weight is 246 g/mol. The highest BCUT2D eigenvalue weighted by Gasteiger charge is 2.35. The second-order valence-electron chi connectivity index (χ2n) is 4.47. The zero-order valence-electron chi connectivity index (χ0n) is 11.2. The minimum atomic E-state index is -1.39. The number of aliphatic hydroxyl groups excluding tert-OH is 1. The van der Waals surface area contributed by atoms with Crippen LogP contribution in [0.25, 0.3) is 0 Å². The maximum Gasteiger partial charge on any atom is 0.181 e. The molecule has 0 saturated carbocycles. The minimum absolute atomic E-state index is 0.0832. The van der Waals surface area contributed by atoms with Gasteiger partial charge in [-0.3, -0.25) is 4.79 Å². The van der Waals surface area contributed by atoms with Gasteiger partial charge in [-0.15, -0.1) is 0 Å². The number of carbonyl (C=O) groups excluding carboxylic acids is 1. The summed E-state index contributed by atoms with van der Waals surface area (Å²) in [6, 6.07) is 0. The zero-order valence-corrected chi connectivity index (χ0v) is 11.2. The van der Waals surface area contributed by atoms with Crippen molar-refractivity contribution in [2.24, 2.45) is 0 Å². The maximum atomic E-state index is 11.6. The fourth-order valence-electron chi connectivity index (χ4n) is 1.73. The highest BCUT2D eigenvalue weighted by molar-refractivity contribution is 6.06. The summed E-state index contributed by atoms with van der Waals surface area (Å²) in [6.07, 6.45) is 2.98. The molecule has 0 aliphatic heterocycles. The molecule has 0 bridgehead atoms. The first-order valence-electron chi connectivity index (χ1n) is 5.77. The van der Waals surface area contributed by atoms with E-state index in [4.69, 9.17) is 5.11 Å². The van der Waals surface area contributed by atoms with E-state index in [1.807, 2.05) is 0 Å². The van der Waals surface area contributed by atoms with Crippen LogP contribution in [0.3, 0.4) is 0 Å². The smallest absolute Gasteiger partial charge is 0.181 e. The predicted molar refractivity (Wildman–Crippen MR) is 70.7 cm³/mol. The van der Waals surface area contributed by atoms with Gasteiger partial charge < -0.3 is 10.2 Å². The molecule has 1 aliphatic carbocycles. The molecule has 0 radical (unpaired) electrons. The molecule has 0 amide bonds. The lowest BCUT2D eigenvalue weighted by molar-refractivity contribution is -0.111. The molecule has 1 unspecified atom stereocenters. The third-order valence-electron chi connectivity index (χ3n) is 3.23. The molecule has 1 atom stereocenters. The van der Waals surface area contributed by atoms with Crippen LogP contribution in [-0.4, -0.2) is 28.2 Å². The molecule has 0 aromatic heterocycles. The lowest BCUT2D eigenvalue weighted by Crippen LogP contribution is -2.34. The number of allylic oxidation sites excluding steroid dienone is 3. The number of hydrogen-bond acceptors (Lipinski definition) is 3. The molecule has 2 N–H and O–H groups in total. The van der Waals surface area contributed by atoms with Gasteiger partial charge in [-0.2, -0.15) is 0 Å². The van der Waals surface area contributed by atoms with Crippen LogP contribution >= 0.6 is 0 Å². The van der Waals surface area contributed by atoms with Crippen LogP contribution in [0.1, 0.15) is 27.7 Å². The molecular weight excluding hydrogens is 228 g/mol. The normalized spacial score (nSPS) is 24.7. The van der Waals surface area contributed by atoms with E-state index in [1.165, 1.54) is 6.08 Å². The summed E-state index contributed by atoms with van der Waals surface area (Å²) in [5.74, 6) is 5.50. The van der Waals surface area contributed by atoms with Crippen LogP contribution in [0.5, 0.6) is 0 Å². The van der Waals surface area contributed by atoms with E-state index in [-0.39, 0.29) is 12.4 Å². The molecule has 1 aliphatic rings. The van der Waals surface area contributed by atoms with Crippen molar-refractivity contribution in [1.82, 2.24) is 0 Å². The summed E-state index contributed by atoms with van der Waals surface area (Å²) in [4.78, 5) is 11.6. The van der Waals surface area contributed by atoms with Crippen molar-refractivity contribution in [3.8, 4) is 11.8 Å². The Bertz CT molecular complexity index is 524. The van der Waals surface area contributed by atoms with E-state index in [9.17, 15) is 9.90 Å². The van der Waals surface area contributed by atoms with Crippen molar-refractivity contribution in [2.45, 2.75) is 33.3 Å². The van der Waals surface area contributed by atoms with Crippen molar-refractivity contribution in [3.05, 3.63) is 34.4 Å². The Hall–Kier alpha value is -1.63. The third-order valence-corrected chi connectivity index (χ3v) is 3.23. The molecular formula is C15H18O3. The monoisotopic (exact) mass is 246 g/mol. The van der Waals surface area contributed by atoms with Gasteiger partial charge in [-0.25, -0.2) is 0 Å². The fourth-order valence-corrected chi connectivity index (χ4v) is 1.73. The second-order valence-corrected chi connectivity index (χ2v) is 4.47. The van der Waals surface area contributed by atoms with Gasteiger partial charge in [-0.05, 0) is 62.1 Å². The van der Waals surface area contributed by atoms with Gasteiger partial charge >= 0.3 is 0 Å². The van der Waals surface area contributed by atoms with E-state index in [2.05, 4.69) is 11.8 Å². The van der Waals surface area contributed by atoms with Crippen LogP contribution in [0, 0.1) is 11.8 Å². The number of hydrogen-bond donors (Lipinski definition) is 2. The first-order valence-corrected chi connectivity index (χ1v) is 5.77. The van der Waals surface area contributed by atoms with E-state index in [0.717, 1.165) is 0 Å². The summed E-state index contributed by atoms with van der Waals surface area (Å²) >= 11 is 0. The van der Waals surface area contributed by atoms with Gasteiger partial charge in [0.2, 0.25) is 0 Å². The lowest BCUT2D eigenvalue weighted by atomic mass is 9.79. The summed E-state index contributed by atoms with van der Waals surface area (Å²) in [6.45, 7) is 6.76. The quantitative estimate of drug-likeness (QED) is 0.690. The van der Waals surface area contributed by atoms with Gasteiger partial charge in [0.1, 0.15) is 0 Å². The van der Waals surface area contributed by atoms with Crippen molar-refractivity contribution in [2.75, 3.05) is 6.61 Å². The molecule has 3 heteroatoms. The number of rotatable bonds is 1. The van der Waals surface area contributed by atoms with Gasteiger partial charge in [0.05, 0.1) is 6.61 Å². The summed E-state index contributed by atoms with van der Waals surface area (Å²) in [5.41, 5.74) is 0.918. The van der Waals surface area contributed by atoms with E-state index < -0.39 is 5.60 Å². The first-order chi connectivity index (χ1) is 8.32. The van der Waals surface area contributed by atoms with Crippen LogP contribution in [-0.2, 0) is 4.79 Å². The molecule has 0 aromatic rings. The van der Waals surface area contributed by atoms with Crippen molar-refractivity contribution >= 4 is 5.78 Å². The molecule has 0 spiro atoms. The molecule has 1 rings (SSSR count). The highest BCUT2D eigenvalue weighted by Crippen LogP contribution is 2.31. The Morgan fingerprint density at radius 2 is 2.06 bits per heavy atom. The molecule has 18 heavy (non-hydrogen) atoms. The highest BCUT2D eigenvalue weighted by atomic mass is 16.3.